The van der Waals surface area contributed by atoms with E-state index in [0.717, 1.165) is 5.56 Å². The Balaban J connectivity index is 2.07. The molecule has 9 heteroatoms. The topological polar surface area (TPSA) is 99.0 Å². The monoisotopic (exact) mass is 420 g/mol. The Kier molecular flexibility index (Phi) is 6.22. The molecule has 1 saturated heterocycles. The Hall–Kier alpha value is -2.87. The van der Waals surface area contributed by atoms with E-state index >= 15 is 0 Å². The predicted molar refractivity (Wildman–Crippen MR) is 108 cm³/mol. The van der Waals surface area contributed by atoms with Crippen LogP contribution in [0.4, 0.5) is 5.69 Å². The van der Waals surface area contributed by atoms with Crippen LogP contribution >= 0.6 is 11.6 Å². The molecule has 1 aliphatic heterocycles. The highest BCUT2D eigenvalue weighted by Crippen LogP contribution is 2.33. The molecule has 2 aromatic rings. The summed E-state index contributed by atoms with van der Waals surface area (Å²) >= 11 is 5.66. The summed E-state index contributed by atoms with van der Waals surface area (Å²) in [6.45, 7) is 2.51. The second kappa shape index (κ2) is 8.65. The predicted octanol–water partition coefficient (Wildman–Crippen LogP) is 3.45. The van der Waals surface area contributed by atoms with Gasteiger partial charge in [-0.05, 0) is 54.3 Å². The maximum absolute atomic E-state index is 13.1. The number of hydrogen-bond donors (Lipinski definition) is 0. The van der Waals surface area contributed by atoms with Gasteiger partial charge in [-0.15, -0.1) is 11.6 Å². The standard InChI is InChI=1S/C20H21ClN2O6/c1-12-8-13-9-15(19(24)22-6-3-4-16(22)20(25)28-2)17(23(26)27)10-14(13)11-18(12)29-7-5-21/h8-11,16H,3-7H2,1-2H3/t16-/m0/s1. The minimum Gasteiger partial charge on any atom is -0.492 e. The number of halogens is 1. The zero-order chi connectivity index (χ0) is 21.1. The molecule has 8 nitrogen and oxygen atoms in total. The van der Waals surface area contributed by atoms with Gasteiger partial charge in [0.1, 0.15) is 24.0 Å². The van der Waals surface area contributed by atoms with Gasteiger partial charge in [0.15, 0.2) is 0 Å². The van der Waals surface area contributed by atoms with Crippen molar-refractivity contribution in [1.82, 2.24) is 4.90 Å². The van der Waals surface area contributed by atoms with Crippen LogP contribution in [0.25, 0.3) is 10.8 Å². The lowest BCUT2D eigenvalue weighted by molar-refractivity contribution is -0.385. The highest BCUT2D eigenvalue weighted by Gasteiger charge is 2.37. The molecule has 0 saturated carbocycles. The Labute approximate surface area is 172 Å². The first-order valence-electron chi connectivity index (χ1n) is 9.17. The number of esters is 1. The summed E-state index contributed by atoms with van der Waals surface area (Å²) in [5.74, 6) is -0.165. The molecule has 0 bridgehead atoms. The van der Waals surface area contributed by atoms with Crippen LogP contribution < -0.4 is 4.74 Å². The number of likely N-dealkylation sites (tertiary alicyclic amines) is 1. The van der Waals surface area contributed by atoms with Crippen LogP contribution in [-0.2, 0) is 9.53 Å². The van der Waals surface area contributed by atoms with E-state index in [4.69, 9.17) is 21.1 Å². The average Bonchev–Trinajstić information content (AvgIpc) is 3.20. The summed E-state index contributed by atoms with van der Waals surface area (Å²) in [5.41, 5.74) is 0.459. The van der Waals surface area contributed by atoms with Crippen molar-refractivity contribution in [3.05, 3.63) is 45.5 Å². The van der Waals surface area contributed by atoms with Crippen molar-refractivity contribution in [3.8, 4) is 5.75 Å². The summed E-state index contributed by atoms with van der Waals surface area (Å²) in [6.07, 6.45) is 1.10. The number of carbonyl (C=O) groups is 2. The number of benzene rings is 2. The van der Waals surface area contributed by atoms with Crippen molar-refractivity contribution in [2.24, 2.45) is 0 Å². The van der Waals surface area contributed by atoms with Gasteiger partial charge in [0.25, 0.3) is 11.6 Å². The Morgan fingerprint density at radius 3 is 2.66 bits per heavy atom. The number of aryl methyl sites for hydroxylation is 1. The largest absolute Gasteiger partial charge is 0.492 e. The van der Waals surface area contributed by atoms with Gasteiger partial charge in [0.05, 0.1) is 17.9 Å². The third-order valence-electron chi connectivity index (χ3n) is 5.00. The van der Waals surface area contributed by atoms with E-state index in [2.05, 4.69) is 0 Å². The second-order valence-corrected chi connectivity index (χ2v) is 7.19. The van der Waals surface area contributed by atoms with Crippen LogP contribution in [0.15, 0.2) is 24.3 Å². The van der Waals surface area contributed by atoms with Crippen molar-refractivity contribution < 1.29 is 24.0 Å². The van der Waals surface area contributed by atoms with Crippen molar-refractivity contribution >= 4 is 39.9 Å². The fourth-order valence-corrected chi connectivity index (χ4v) is 3.68. The van der Waals surface area contributed by atoms with Gasteiger partial charge in [0.2, 0.25) is 0 Å². The molecule has 1 fully saturated rings. The molecule has 0 unspecified atom stereocenters. The molecule has 0 N–H and O–H groups in total. The first kappa shape index (κ1) is 20.9. The third-order valence-corrected chi connectivity index (χ3v) is 5.15. The number of nitro groups is 1. The maximum Gasteiger partial charge on any atom is 0.328 e. The minimum absolute atomic E-state index is 0.0490. The average molecular weight is 421 g/mol. The van der Waals surface area contributed by atoms with Crippen LogP contribution in [0.5, 0.6) is 5.75 Å². The normalized spacial score (nSPS) is 16.1. The lowest BCUT2D eigenvalue weighted by Gasteiger charge is -2.22. The Morgan fingerprint density at radius 2 is 2.00 bits per heavy atom. The zero-order valence-electron chi connectivity index (χ0n) is 16.1. The number of ether oxygens (including phenoxy) is 2. The molecule has 1 aliphatic rings. The van der Waals surface area contributed by atoms with Crippen LogP contribution in [-0.4, -0.2) is 53.9 Å². The fraction of sp³-hybridized carbons (Fsp3) is 0.400. The highest BCUT2D eigenvalue weighted by atomic mass is 35.5. The van der Waals surface area contributed by atoms with Crippen molar-refractivity contribution in [2.45, 2.75) is 25.8 Å². The smallest absolute Gasteiger partial charge is 0.328 e. The number of nitrogens with zero attached hydrogens (tertiary/aromatic N) is 2. The number of alkyl halides is 1. The number of rotatable bonds is 6. The van der Waals surface area contributed by atoms with Gasteiger partial charge in [-0.3, -0.25) is 14.9 Å². The van der Waals surface area contributed by atoms with E-state index in [1.54, 1.807) is 12.1 Å². The van der Waals surface area contributed by atoms with Crippen molar-refractivity contribution in [2.75, 3.05) is 26.1 Å². The van der Waals surface area contributed by atoms with Gasteiger partial charge in [-0.2, -0.15) is 0 Å². The Morgan fingerprint density at radius 1 is 1.28 bits per heavy atom. The summed E-state index contributed by atoms with van der Waals surface area (Å²) in [5, 5.41) is 12.9. The van der Waals surface area contributed by atoms with E-state index < -0.39 is 22.8 Å². The molecule has 0 radical (unpaired) electrons. The van der Waals surface area contributed by atoms with Crippen molar-refractivity contribution in [3.63, 3.8) is 0 Å². The molecule has 1 heterocycles. The summed E-state index contributed by atoms with van der Waals surface area (Å²) in [4.78, 5) is 37.5. The summed E-state index contributed by atoms with van der Waals surface area (Å²) in [7, 11) is 1.26. The lowest BCUT2D eigenvalue weighted by atomic mass is 10.0. The molecule has 3 rings (SSSR count). The van der Waals surface area contributed by atoms with E-state index in [0.29, 0.717) is 48.4 Å². The van der Waals surface area contributed by atoms with Crippen LogP contribution in [0.1, 0.15) is 28.8 Å². The van der Waals surface area contributed by atoms with E-state index in [1.807, 2.05) is 6.92 Å². The molecule has 29 heavy (non-hydrogen) atoms. The van der Waals surface area contributed by atoms with Gasteiger partial charge >= 0.3 is 5.97 Å². The number of methoxy groups -OCH3 is 1. The highest BCUT2D eigenvalue weighted by molar-refractivity contribution is 6.18. The quantitative estimate of drug-likeness (QED) is 0.307. The van der Waals surface area contributed by atoms with Gasteiger partial charge in [-0.25, -0.2) is 4.79 Å². The number of nitro benzene ring substituents is 1. The Bertz CT molecular complexity index is 977. The van der Waals surface area contributed by atoms with Gasteiger partial charge in [0, 0.05) is 12.6 Å². The molecular formula is C20H21ClN2O6. The van der Waals surface area contributed by atoms with Crippen molar-refractivity contribution in [1.29, 1.82) is 0 Å². The second-order valence-electron chi connectivity index (χ2n) is 6.81. The van der Waals surface area contributed by atoms with Crippen LogP contribution in [0.2, 0.25) is 0 Å². The summed E-state index contributed by atoms with van der Waals surface area (Å²) in [6, 6.07) is 5.64. The number of carbonyl (C=O) groups excluding carboxylic acids is 2. The zero-order valence-corrected chi connectivity index (χ0v) is 16.9. The van der Waals surface area contributed by atoms with E-state index in [1.165, 1.54) is 24.1 Å². The molecule has 0 aliphatic carbocycles. The van der Waals surface area contributed by atoms with Gasteiger partial charge < -0.3 is 14.4 Å². The number of fused-ring (bicyclic) bond motifs is 1. The molecule has 1 amide bonds. The molecule has 2 aromatic carbocycles. The first-order chi connectivity index (χ1) is 13.9. The van der Waals surface area contributed by atoms with Crippen LogP contribution in [0.3, 0.4) is 0 Å². The lowest BCUT2D eigenvalue weighted by Crippen LogP contribution is -2.41. The van der Waals surface area contributed by atoms with E-state index in [-0.39, 0.29) is 11.3 Å². The minimum atomic E-state index is -0.726. The molecule has 1 atom stereocenters. The molecular weight excluding hydrogens is 400 g/mol. The SMILES string of the molecule is COC(=O)[C@@H]1CCCN1C(=O)c1cc2cc(C)c(OCCCl)cc2cc1[N+](=O)[O-]. The third kappa shape index (κ3) is 4.12. The molecule has 0 spiro atoms. The number of amides is 1. The maximum atomic E-state index is 13.1. The van der Waals surface area contributed by atoms with E-state index in [9.17, 15) is 19.7 Å². The van der Waals surface area contributed by atoms with Crippen LogP contribution in [0, 0.1) is 17.0 Å². The number of hydrogen-bond acceptors (Lipinski definition) is 6. The fourth-order valence-electron chi connectivity index (χ4n) is 3.60. The molecule has 154 valence electrons. The van der Waals surface area contributed by atoms with Gasteiger partial charge in [-0.1, -0.05) is 0 Å². The summed E-state index contributed by atoms with van der Waals surface area (Å²) < 4.78 is 10.3. The first-order valence-corrected chi connectivity index (χ1v) is 9.71. The molecule has 0 aromatic heterocycles.